The maximum absolute atomic E-state index is 12.8. The number of hydrogen-bond acceptors (Lipinski definition) is 7. The van der Waals surface area contributed by atoms with Gasteiger partial charge in [0.25, 0.3) is 5.91 Å². The van der Waals surface area contributed by atoms with Gasteiger partial charge in [-0.05, 0) is 77.6 Å². The van der Waals surface area contributed by atoms with Crippen molar-refractivity contribution < 1.29 is 34.1 Å². The molecule has 184 valence electrons. The van der Waals surface area contributed by atoms with Crippen LogP contribution in [0.1, 0.15) is 57.5 Å². The fourth-order valence-corrected chi connectivity index (χ4v) is 2.52. The molecule has 1 rings (SSSR count). The number of rotatable bonds is 6. The zero-order valence-corrected chi connectivity index (χ0v) is 20.5. The second-order valence-electron chi connectivity index (χ2n) is 9.29. The molecule has 0 fully saturated rings. The first-order valence-electron chi connectivity index (χ1n) is 10.5. The van der Waals surface area contributed by atoms with Gasteiger partial charge in [-0.2, -0.15) is 0 Å². The van der Waals surface area contributed by atoms with Crippen LogP contribution in [0.3, 0.4) is 0 Å². The summed E-state index contributed by atoms with van der Waals surface area (Å²) in [7, 11) is 1.18. The normalized spacial score (nSPS) is 13.6. The minimum Gasteiger partial charge on any atom is -0.467 e. The van der Waals surface area contributed by atoms with Gasteiger partial charge in [0.2, 0.25) is 0 Å². The SMILES string of the molecule is COC(=O)C(NC(=O)c1ccc(C#CC#CC(C)(O)CO)cc1)C(C)(C)NC(=O)OC(C)(C)C. The Morgan fingerprint density at radius 3 is 2.12 bits per heavy atom. The highest BCUT2D eigenvalue weighted by atomic mass is 16.6. The summed E-state index contributed by atoms with van der Waals surface area (Å²) in [6.45, 7) is 9.10. The van der Waals surface area contributed by atoms with E-state index in [0.717, 1.165) is 0 Å². The van der Waals surface area contributed by atoms with Gasteiger partial charge in [0.1, 0.15) is 17.2 Å². The van der Waals surface area contributed by atoms with Crippen molar-refractivity contribution in [2.45, 2.75) is 64.3 Å². The summed E-state index contributed by atoms with van der Waals surface area (Å²) in [5.41, 5.74) is -2.69. The number of aliphatic hydroxyl groups excluding tert-OH is 1. The molecule has 0 saturated carbocycles. The molecular formula is C25H32N2O7. The quantitative estimate of drug-likeness (QED) is 0.363. The van der Waals surface area contributed by atoms with E-state index in [1.54, 1.807) is 46.8 Å². The Labute approximate surface area is 200 Å². The van der Waals surface area contributed by atoms with Gasteiger partial charge in [0, 0.05) is 11.1 Å². The van der Waals surface area contributed by atoms with Crippen molar-refractivity contribution in [3.63, 3.8) is 0 Å². The van der Waals surface area contributed by atoms with E-state index in [2.05, 4.69) is 34.3 Å². The number of methoxy groups -OCH3 is 1. The Balaban J connectivity index is 2.98. The molecule has 2 amide bonds. The van der Waals surface area contributed by atoms with Crippen LogP contribution in [0.2, 0.25) is 0 Å². The zero-order chi connectivity index (χ0) is 26.2. The summed E-state index contributed by atoms with van der Waals surface area (Å²) < 4.78 is 10.1. The molecule has 9 heteroatoms. The first kappa shape index (κ1) is 28.5. The summed E-state index contributed by atoms with van der Waals surface area (Å²) in [6, 6.07) is 5.00. The Hall–Kier alpha value is -3.53. The molecule has 1 aromatic rings. The summed E-state index contributed by atoms with van der Waals surface area (Å²) in [5, 5.41) is 23.7. The third kappa shape index (κ3) is 9.53. The molecule has 0 spiro atoms. The standard InChI is InChI=1S/C25H32N2O7/c1-23(2,3)34-22(31)27-24(4,5)19(21(30)33-7)26-20(29)18-13-11-17(12-14-18)10-8-9-15-25(6,32)16-28/h11-14,19,28,32H,16H2,1-7H3,(H,26,29)(H,27,31). The average molecular weight is 473 g/mol. The molecule has 34 heavy (non-hydrogen) atoms. The van der Waals surface area contributed by atoms with Crippen LogP contribution < -0.4 is 10.6 Å². The molecule has 0 saturated heterocycles. The number of carbonyl (C=O) groups is 3. The van der Waals surface area contributed by atoms with E-state index >= 15 is 0 Å². The van der Waals surface area contributed by atoms with Crippen molar-refractivity contribution in [1.82, 2.24) is 10.6 Å². The van der Waals surface area contributed by atoms with Crippen molar-refractivity contribution in [2.24, 2.45) is 0 Å². The van der Waals surface area contributed by atoms with Crippen LogP contribution in [0.25, 0.3) is 0 Å². The number of aliphatic hydroxyl groups is 2. The van der Waals surface area contributed by atoms with Crippen molar-refractivity contribution >= 4 is 18.0 Å². The maximum Gasteiger partial charge on any atom is 0.408 e. The van der Waals surface area contributed by atoms with Gasteiger partial charge in [0.05, 0.1) is 19.3 Å². The number of benzene rings is 1. The van der Waals surface area contributed by atoms with Gasteiger partial charge < -0.3 is 30.3 Å². The average Bonchev–Trinajstić information content (AvgIpc) is 2.72. The lowest BCUT2D eigenvalue weighted by molar-refractivity contribution is -0.144. The van der Waals surface area contributed by atoms with Gasteiger partial charge in [0.15, 0.2) is 0 Å². The van der Waals surface area contributed by atoms with Crippen molar-refractivity contribution in [3.05, 3.63) is 35.4 Å². The van der Waals surface area contributed by atoms with E-state index in [-0.39, 0.29) is 5.56 Å². The molecular weight excluding hydrogens is 440 g/mol. The molecule has 2 atom stereocenters. The molecule has 0 heterocycles. The van der Waals surface area contributed by atoms with E-state index in [4.69, 9.17) is 14.6 Å². The number of esters is 1. The smallest absolute Gasteiger partial charge is 0.408 e. The second kappa shape index (κ2) is 11.6. The number of hydrogen-bond donors (Lipinski definition) is 4. The van der Waals surface area contributed by atoms with Crippen LogP contribution in [0.4, 0.5) is 4.79 Å². The van der Waals surface area contributed by atoms with Crippen LogP contribution in [-0.2, 0) is 14.3 Å². The zero-order valence-electron chi connectivity index (χ0n) is 20.5. The highest BCUT2D eigenvalue weighted by Gasteiger charge is 2.39. The molecule has 0 aliphatic rings. The molecule has 0 radical (unpaired) electrons. The van der Waals surface area contributed by atoms with Gasteiger partial charge in [-0.15, -0.1) is 0 Å². The van der Waals surface area contributed by atoms with E-state index in [9.17, 15) is 19.5 Å². The Bertz CT molecular complexity index is 1010. The van der Waals surface area contributed by atoms with Crippen molar-refractivity contribution in [3.8, 4) is 23.7 Å². The summed E-state index contributed by atoms with van der Waals surface area (Å²) >= 11 is 0. The molecule has 1 aromatic carbocycles. The highest BCUT2D eigenvalue weighted by Crippen LogP contribution is 2.15. The molecule has 4 N–H and O–H groups in total. The fraction of sp³-hybridized carbons (Fsp3) is 0.480. The van der Waals surface area contributed by atoms with Gasteiger partial charge in [-0.1, -0.05) is 11.8 Å². The number of nitrogens with one attached hydrogen (secondary N) is 2. The van der Waals surface area contributed by atoms with E-state index < -0.39 is 47.4 Å². The maximum atomic E-state index is 12.8. The monoisotopic (exact) mass is 472 g/mol. The topological polar surface area (TPSA) is 134 Å². The van der Waals surface area contributed by atoms with E-state index in [0.29, 0.717) is 5.56 Å². The largest absolute Gasteiger partial charge is 0.467 e. The fourth-order valence-electron chi connectivity index (χ4n) is 2.52. The van der Waals surface area contributed by atoms with Gasteiger partial charge in [-0.25, -0.2) is 9.59 Å². The number of ether oxygens (including phenoxy) is 2. The predicted octanol–water partition coefficient (Wildman–Crippen LogP) is 1.36. The molecule has 2 unspecified atom stereocenters. The number of amides is 2. The third-order valence-electron chi connectivity index (χ3n) is 4.31. The summed E-state index contributed by atoms with van der Waals surface area (Å²) in [5.74, 6) is 8.88. The van der Waals surface area contributed by atoms with Gasteiger partial charge in [-0.3, -0.25) is 4.79 Å². The first-order chi connectivity index (χ1) is 15.6. The Morgan fingerprint density at radius 1 is 1.03 bits per heavy atom. The predicted molar refractivity (Wildman–Crippen MR) is 126 cm³/mol. The molecule has 0 aliphatic carbocycles. The third-order valence-corrected chi connectivity index (χ3v) is 4.31. The summed E-state index contributed by atoms with van der Waals surface area (Å²) in [6.07, 6.45) is -0.743. The lowest BCUT2D eigenvalue weighted by Gasteiger charge is -2.34. The Morgan fingerprint density at radius 2 is 1.62 bits per heavy atom. The molecule has 0 bridgehead atoms. The highest BCUT2D eigenvalue weighted by molar-refractivity contribution is 5.97. The van der Waals surface area contributed by atoms with Crippen LogP contribution in [0.15, 0.2) is 24.3 Å². The second-order valence-corrected chi connectivity index (χ2v) is 9.29. The first-order valence-corrected chi connectivity index (χ1v) is 10.5. The minimum atomic E-state index is -1.53. The van der Waals surface area contributed by atoms with Crippen LogP contribution >= 0.6 is 0 Å². The van der Waals surface area contributed by atoms with Crippen LogP contribution in [0.5, 0.6) is 0 Å². The number of alkyl carbamates (subject to hydrolysis) is 1. The molecule has 9 nitrogen and oxygen atoms in total. The molecule has 0 aromatic heterocycles. The van der Waals surface area contributed by atoms with Crippen molar-refractivity contribution in [2.75, 3.05) is 13.7 Å². The Kier molecular flexibility index (Phi) is 9.69. The minimum absolute atomic E-state index is 0.252. The van der Waals surface area contributed by atoms with E-state index in [1.165, 1.54) is 26.2 Å². The lowest BCUT2D eigenvalue weighted by atomic mass is 9.94. The van der Waals surface area contributed by atoms with Crippen molar-refractivity contribution in [1.29, 1.82) is 0 Å². The van der Waals surface area contributed by atoms with E-state index in [1.807, 2.05) is 0 Å². The van der Waals surface area contributed by atoms with Crippen LogP contribution in [-0.4, -0.2) is 64.7 Å². The number of carbonyl (C=O) groups excluding carboxylic acids is 3. The van der Waals surface area contributed by atoms with Crippen LogP contribution in [0, 0.1) is 23.7 Å². The summed E-state index contributed by atoms with van der Waals surface area (Å²) in [4.78, 5) is 37.4. The lowest BCUT2D eigenvalue weighted by Crippen LogP contribution is -2.62. The molecule has 0 aliphatic heterocycles. The van der Waals surface area contributed by atoms with Gasteiger partial charge >= 0.3 is 12.1 Å².